The molecule has 1 aromatic heterocycles. The average Bonchev–Trinajstić information content (AvgIpc) is 3.13. The number of halogens is 2. The van der Waals surface area contributed by atoms with Crippen LogP contribution in [0.3, 0.4) is 0 Å². The van der Waals surface area contributed by atoms with E-state index in [9.17, 15) is 4.79 Å². The Morgan fingerprint density at radius 3 is 2.55 bits per heavy atom. The van der Waals surface area contributed by atoms with Crippen LogP contribution < -0.4 is 14.8 Å². The Morgan fingerprint density at radius 1 is 1.24 bits per heavy atom. The zero-order valence-electron chi connectivity index (χ0n) is 16.3. The van der Waals surface area contributed by atoms with Crippen molar-refractivity contribution in [2.24, 2.45) is 7.05 Å². The number of carbonyl (C=O) groups is 1. The highest BCUT2D eigenvalue weighted by Gasteiger charge is 2.23. The zero-order valence-corrected chi connectivity index (χ0v) is 17.8. The lowest BCUT2D eigenvalue weighted by Crippen LogP contribution is -2.31. The summed E-state index contributed by atoms with van der Waals surface area (Å²) >= 11 is 12.3. The van der Waals surface area contributed by atoms with Gasteiger partial charge in [0, 0.05) is 30.0 Å². The molecule has 8 heteroatoms. The smallest absolute Gasteiger partial charge is 0.252 e. The van der Waals surface area contributed by atoms with Gasteiger partial charge in [-0.25, -0.2) is 4.98 Å². The van der Waals surface area contributed by atoms with Gasteiger partial charge in [-0.2, -0.15) is 0 Å². The Kier molecular flexibility index (Phi) is 6.67. The lowest BCUT2D eigenvalue weighted by atomic mass is 10.1. The van der Waals surface area contributed by atoms with Crippen molar-refractivity contribution in [1.82, 2.24) is 14.9 Å². The van der Waals surface area contributed by atoms with E-state index >= 15 is 0 Å². The van der Waals surface area contributed by atoms with Crippen LogP contribution in [0.15, 0.2) is 48.8 Å². The van der Waals surface area contributed by atoms with Crippen molar-refractivity contribution in [3.63, 3.8) is 0 Å². The minimum Gasteiger partial charge on any atom is -0.493 e. The van der Waals surface area contributed by atoms with Gasteiger partial charge < -0.3 is 19.4 Å². The Labute approximate surface area is 179 Å². The third kappa shape index (κ3) is 4.66. The number of hydrogen-bond donors (Lipinski definition) is 1. The van der Waals surface area contributed by atoms with Gasteiger partial charge in [0.2, 0.25) is 0 Å². The van der Waals surface area contributed by atoms with Gasteiger partial charge in [-0.15, -0.1) is 0 Å². The van der Waals surface area contributed by atoms with Gasteiger partial charge in [0.25, 0.3) is 5.91 Å². The van der Waals surface area contributed by atoms with Gasteiger partial charge in [-0.3, -0.25) is 4.79 Å². The number of aryl methyl sites for hydroxylation is 1. The fourth-order valence-corrected chi connectivity index (χ4v) is 3.35. The molecule has 29 heavy (non-hydrogen) atoms. The molecule has 6 nitrogen and oxygen atoms in total. The van der Waals surface area contributed by atoms with Crippen molar-refractivity contribution in [2.45, 2.75) is 13.0 Å². The van der Waals surface area contributed by atoms with Crippen LogP contribution in [0.25, 0.3) is 0 Å². The minimum atomic E-state index is -0.476. The molecule has 1 heterocycles. The molecule has 0 aliphatic rings. The number of carbonyl (C=O) groups excluding carboxylic acids is 1. The molecule has 1 unspecified atom stereocenters. The van der Waals surface area contributed by atoms with E-state index in [-0.39, 0.29) is 5.91 Å². The van der Waals surface area contributed by atoms with Crippen LogP contribution in [0.4, 0.5) is 0 Å². The molecule has 0 aliphatic heterocycles. The zero-order chi connectivity index (χ0) is 21.0. The van der Waals surface area contributed by atoms with Gasteiger partial charge in [-0.1, -0.05) is 35.3 Å². The molecule has 0 fully saturated rings. The van der Waals surface area contributed by atoms with E-state index < -0.39 is 6.04 Å². The lowest BCUT2D eigenvalue weighted by Gasteiger charge is -2.20. The molecular weight excluding hydrogens is 413 g/mol. The highest BCUT2D eigenvalue weighted by molar-refractivity contribution is 6.32. The van der Waals surface area contributed by atoms with Crippen LogP contribution in [0.5, 0.6) is 11.5 Å². The molecule has 0 radical (unpaired) electrons. The predicted octanol–water partition coefficient (Wildman–Crippen LogP) is 4.65. The van der Waals surface area contributed by atoms with Crippen LogP contribution in [-0.2, 0) is 7.05 Å². The second-order valence-corrected chi connectivity index (χ2v) is 7.12. The summed E-state index contributed by atoms with van der Waals surface area (Å²) < 4.78 is 12.7. The first-order valence-electron chi connectivity index (χ1n) is 8.98. The van der Waals surface area contributed by atoms with Gasteiger partial charge >= 0.3 is 0 Å². The maximum absolute atomic E-state index is 13.1. The summed E-state index contributed by atoms with van der Waals surface area (Å²) in [6, 6.07) is 9.94. The van der Waals surface area contributed by atoms with Crippen LogP contribution in [0.1, 0.15) is 34.7 Å². The summed E-state index contributed by atoms with van der Waals surface area (Å²) in [6.45, 7) is 2.28. The lowest BCUT2D eigenvalue weighted by molar-refractivity contribution is 0.0940. The van der Waals surface area contributed by atoms with Gasteiger partial charge in [0.05, 0.1) is 18.7 Å². The maximum Gasteiger partial charge on any atom is 0.252 e. The van der Waals surface area contributed by atoms with Crippen molar-refractivity contribution >= 4 is 29.1 Å². The first kappa shape index (κ1) is 21.0. The number of rotatable bonds is 7. The normalized spacial score (nSPS) is 11.8. The predicted molar refractivity (Wildman–Crippen MR) is 113 cm³/mol. The van der Waals surface area contributed by atoms with Crippen molar-refractivity contribution in [1.29, 1.82) is 0 Å². The average molecular weight is 434 g/mol. The number of nitrogens with zero attached hydrogens (tertiary/aromatic N) is 2. The van der Waals surface area contributed by atoms with Crippen LogP contribution >= 0.6 is 23.2 Å². The number of imidazole rings is 1. The molecule has 1 N–H and O–H groups in total. The van der Waals surface area contributed by atoms with Crippen molar-refractivity contribution in [3.8, 4) is 11.5 Å². The van der Waals surface area contributed by atoms with Gasteiger partial charge in [0.15, 0.2) is 11.5 Å². The third-order valence-corrected chi connectivity index (χ3v) is 4.91. The van der Waals surface area contributed by atoms with Crippen molar-refractivity contribution < 1.29 is 14.3 Å². The van der Waals surface area contributed by atoms with E-state index in [4.69, 9.17) is 32.7 Å². The molecule has 3 rings (SSSR count). The number of benzene rings is 2. The largest absolute Gasteiger partial charge is 0.493 e. The van der Waals surface area contributed by atoms with Crippen LogP contribution in [-0.4, -0.2) is 29.2 Å². The highest BCUT2D eigenvalue weighted by Crippen LogP contribution is 2.36. The molecule has 1 atom stereocenters. The van der Waals surface area contributed by atoms with E-state index in [0.29, 0.717) is 39.5 Å². The quantitative estimate of drug-likeness (QED) is 0.588. The Balaban J connectivity index is 1.96. The van der Waals surface area contributed by atoms with E-state index in [1.807, 2.05) is 36.9 Å². The first-order valence-corrected chi connectivity index (χ1v) is 9.74. The monoisotopic (exact) mass is 433 g/mol. The minimum absolute atomic E-state index is 0.302. The molecule has 1 amide bonds. The Hall–Kier alpha value is -2.70. The van der Waals surface area contributed by atoms with E-state index in [0.717, 1.165) is 5.56 Å². The number of amides is 1. The summed E-state index contributed by atoms with van der Waals surface area (Å²) in [5.74, 6) is 1.16. The maximum atomic E-state index is 13.1. The molecule has 3 aromatic rings. The second kappa shape index (κ2) is 9.20. The molecular formula is C21H21Cl2N3O3. The van der Waals surface area contributed by atoms with Gasteiger partial charge in [-0.05, 0) is 36.8 Å². The number of hydrogen-bond acceptors (Lipinski definition) is 4. The summed E-state index contributed by atoms with van der Waals surface area (Å²) in [4.78, 5) is 17.5. The molecule has 2 aromatic carbocycles. The highest BCUT2D eigenvalue weighted by atomic mass is 35.5. The number of aromatic nitrogens is 2. The molecule has 0 spiro atoms. The standard InChI is InChI=1S/C21H21Cl2N3O3/c1-4-29-19-16(23)11-14(12-17(19)28-3)21(27)25-18(20-24-9-10-26(20)2)13-5-7-15(22)8-6-13/h5-12,18H,4H2,1-3H3,(H,25,27). The Bertz CT molecular complexity index is 1000. The van der Waals surface area contributed by atoms with Crippen molar-refractivity contribution in [2.75, 3.05) is 13.7 Å². The fourth-order valence-electron chi connectivity index (χ4n) is 2.96. The van der Waals surface area contributed by atoms with Crippen LogP contribution in [0, 0.1) is 0 Å². The second-order valence-electron chi connectivity index (χ2n) is 6.28. The molecule has 0 saturated heterocycles. The Morgan fingerprint density at radius 2 is 1.97 bits per heavy atom. The van der Waals surface area contributed by atoms with Gasteiger partial charge in [0.1, 0.15) is 11.9 Å². The summed E-state index contributed by atoms with van der Waals surface area (Å²) in [5, 5.41) is 3.94. The van der Waals surface area contributed by atoms with E-state index in [1.165, 1.54) is 7.11 Å². The number of methoxy groups -OCH3 is 1. The summed E-state index contributed by atoms with van der Waals surface area (Å²) in [5.41, 5.74) is 1.20. The third-order valence-electron chi connectivity index (χ3n) is 4.38. The van der Waals surface area contributed by atoms with Crippen molar-refractivity contribution in [3.05, 3.63) is 75.8 Å². The number of nitrogens with one attached hydrogen (secondary N) is 1. The van der Waals surface area contributed by atoms with Crippen LogP contribution in [0.2, 0.25) is 10.0 Å². The van der Waals surface area contributed by atoms with E-state index in [1.54, 1.807) is 30.5 Å². The number of ether oxygens (including phenoxy) is 2. The summed E-state index contributed by atoms with van der Waals surface area (Å²) in [7, 11) is 3.37. The van der Waals surface area contributed by atoms with E-state index in [2.05, 4.69) is 10.3 Å². The summed E-state index contributed by atoms with van der Waals surface area (Å²) in [6.07, 6.45) is 3.50. The first-order chi connectivity index (χ1) is 13.9. The topological polar surface area (TPSA) is 65.4 Å². The molecule has 0 aliphatic carbocycles. The molecule has 0 saturated carbocycles. The molecule has 0 bridgehead atoms. The fraction of sp³-hybridized carbons (Fsp3) is 0.238. The molecule has 152 valence electrons. The SMILES string of the molecule is CCOc1c(Cl)cc(C(=O)NC(c2ccc(Cl)cc2)c2nccn2C)cc1OC.